The number of halogens is 1. The Morgan fingerprint density at radius 1 is 1.28 bits per heavy atom. The molecule has 2 heterocycles. The molecule has 0 aromatic carbocycles. The zero-order valence-electron chi connectivity index (χ0n) is 18.1. The van der Waals surface area contributed by atoms with Crippen LogP contribution in [0.2, 0.25) is 18.1 Å². The molecule has 0 aliphatic heterocycles. The molecule has 0 N–H and O–H groups in total. The van der Waals surface area contributed by atoms with Crippen molar-refractivity contribution in [1.82, 2.24) is 14.8 Å². The zero-order valence-corrected chi connectivity index (χ0v) is 19.1. The molecule has 0 aliphatic rings. The SMILES string of the molecule is Cc1ncc(F)cc1-n1nc(OCCCO[Si](C)(C)C(C)(C)C)c([N+](=O)[O-])c1C. The van der Waals surface area contributed by atoms with Gasteiger partial charge in [-0.1, -0.05) is 20.8 Å². The van der Waals surface area contributed by atoms with Crippen LogP contribution in [0, 0.1) is 29.8 Å². The first kappa shape index (κ1) is 23.0. The van der Waals surface area contributed by atoms with E-state index in [1.807, 2.05) is 0 Å². The molecule has 2 aromatic heterocycles. The molecule has 0 saturated heterocycles. The second kappa shape index (κ2) is 8.58. The summed E-state index contributed by atoms with van der Waals surface area (Å²) in [5.41, 5.74) is 0.847. The topological polar surface area (TPSA) is 92.3 Å². The lowest BCUT2D eigenvalue weighted by atomic mass is 10.2. The second-order valence-electron chi connectivity index (χ2n) is 8.48. The van der Waals surface area contributed by atoms with Crippen LogP contribution >= 0.6 is 0 Å². The average Bonchev–Trinajstić information content (AvgIpc) is 2.92. The van der Waals surface area contributed by atoms with Gasteiger partial charge in [-0.25, -0.2) is 9.07 Å². The molecule has 0 aliphatic carbocycles. The summed E-state index contributed by atoms with van der Waals surface area (Å²) in [7, 11) is -1.85. The summed E-state index contributed by atoms with van der Waals surface area (Å²) in [6, 6.07) is 1.24. The van der Waals surface area contributed by atoms with Gasteiger partial charge in [-0.15, -0.1) is 5.10 Å². The predicted molar refractivity (Wildman–Crippen MR) is 111 cm³/mol. The second-order valence-corrected chi connectivity index (χ2v) is 13.3. The maximum Gasteiger partial charge on any atom is 0.353 e. The fourth-order valence-electron chi connectivity index (χ4n) is 2.49. The van der Waals surface area contributed by atoms with Crippen molar-refractivity contribution >= 4 is 14.0 Å². The minimum absolute atomic E-state index is 0.0940. The third-order valence-corrected chi connectivity index (χ3v) is 9.83. The molecule has 0 spiro atoms. The number of rotatable bonds is 8. The minimum Gasteiger partial charge on any atom is -0.472 e. The first-order chi connectivity index (χ1) is 13.3. The molecule has 0 atom stereocenters. The standard InChI is InChI=1S/C19H29FN4O4Si/c1-13-16(11-15(20)12-21-13)23-14(2)17(24(25)26)18(22-23)27-9-8-10-28-29(6,7)19(3,4)5/h11-12H,8-10H2,1-7H3. The van der Waals surface area contributed by atoms with E-state index in [9.17, 15) is 14.5 Å². The van der Waals surface area contributed by atoms with Gasteiger partial charge in [0.1, 0.15) is 11.5 Å². The van der Waals surface area contributed by atoms with E-state index < -0.39 is 19.1 Å². The van der Waals surface area contributed by atoms with Gasteiger partial charge in [-0.2, -0.15) is 0 Å². The maximum absolute atomic E-state index is 13.6. The largest absolute Gasteiger partial charge is 0.472 e. The van der Waals surface area contributed by atoms with Gasteiger partial charge in [0, 0.05) is 19.1 Å². The summed E-state index contributed by atoms with van der Waals surface area (Å²) in [6.45, 7) is 14.8. The molecule has 10 heteroatoms. The first-order valence-electron chi connectivity index (χ1n) is 9.48. The molecular formula is C19H29FN4O4Si. The van der Waals surface area contributed by atoms with E-state index in [0.29, 0.717) is 24.4 Å². The Balaban J connectivity index is 2.13. The van der Waals surface area contributed by atoms with Gasteiger partial charge in [0.15, 0.2) is 8.32 Å². The quantitative estimate of drug-likeness (QED) is 0.263. The fraction of sp³-hybridized carbons (Fsp3) is 0.579. The number of aromatic nitrogens is 3. The number of nitro groups is 1. The van der Waals surface area contributed by atoms with Crippen LogP contribution < -0.4 is 4.74 Å². The van der Waals surface area contributed by atoms with E-state index in [-0.39, 0.29) is 28.9 Å². The third kappa shape index (κ3) is 5.18. The lowest BCUT2D eigenvalue weighted by Crippen LogP contribution is -2.41. The zero-order chi connectivity index (χ0) is 22.0. The van der Waals surface area contributed by atoms with E-state index in [4.69, 9.17) is 9.16 Å². The number of aryl methyl sites for hydroxylation is 1. The van der Waals surface area contributed by atoms with Crippen molar-refractivity contribution in [3.05, 3.63) is 39.6 Å². The molecule has 29 heavy (non-hydrogen) atoms. The van der Waals surface area contributed by atoms with E-state index in [1.54, 1.807) is 13.8 Å². The van der Waals surface area contributed by atoms with Crippen LogP contribution in [0.3, 0.4) is 0 Å². The van der Waals surface area contributed by atoms with E-state index >= 15 is 0 Å². The van der Waals surface area contributed by atoms with Gasteiger partial charge >= 0.3 is 11.6 Å². The molecule has 160 valence electrons. The van der Waals surface area contributed by atoms with Crippen molar-refractivity contribution in [3.63, 3.8) is 0 Å². The Morgan fingerprint density at radius 3 is 2.52 bits per heavy atom. The average molecular weight is 425 g/mol. The Bertz CT molecular complexity index is 893. The van der Waals surface area contributed by atoms with Crippen LogP contribution in [-0.4, -0.2) is 41.2 Å². The predicted octanol–water partition coefficient (Wildman–Crippen LogP) is 4.72. The molecule has 0 bridgehead atoms. The maximum atomic E-state index is 13.6. The molecule has 2 aromatic rings. The highest BCUT2D eigenvalue weighted by Crippen LogP contribution is 2.36. The van der Waals surface area contributed by atoms with Crippen molar-refractivity contribution in [2.75, 3.05) is 13.2 Å². The van der Waals surface area contributed by atoms with Gasteiger partial charge < -0.3 is 9.16 Å². The van der Waals surface area contributed by atoms with Crippen molar-refractivity contribution in [1.29, 1.82) is 0 Å². The first-order valence-corrected chi connectivity index (χ1v) is 12.4. The smallest absolute Gasteiger partial charge is 0.353 e. The molecule has 8 nitrogen and oxygen atoms in total. The Labute approximate surface area is 171 Å². The monoisotopic (exact) mass is 424 g/mol. The molecule has 0 unspecified atom stereocenters. The number of hydrogen-bond donors (Lipinski definition) is 0. The van der Waals surface area contributed by atoms with Crippen molar-refractivity contribution in [2.24, 2.45) is 0 Å². The summed E-state index contributed by atoms with van der Waals surface area (Å²) < 4.78 is 26.6. The number of pyridine rings is 1. The van der Waals surface area contributed by atoms with Crippen LogP contribution in [0.1, 0.15) is 38.6 Å². The van der Waals surface area contributed by atoms with E-state index in [2.05, 4.69) is 43.9 Å². The van der Waals surface area contributed by atoms with Crippen LogP contribution in [-0.2, 0) is 4.43 Å². The normalized spacial score (nSPS) is 12.3. The summed E-state index contributed by atoms with van der Waals surface area (Å²) in [4.78, 5) is 14.9. The van der Waals surface area contributed by atoms with Gasteiger partial charge in [-0.3, -0.25) is 15.1 Å². The summed E-state index contributed by atoms with van der Waals surface area (Å²) >= 11 is 0. The number of hydrogen-bond acceptors (Lipinski definition) is 6. The summed E-state index contributed by atoms with van der Waals surface area (Å²) in [6.07, 6.45) is 1.67. The molecule has 2 rings (SSSR count). The summed E-state index contributed by atoms with van der Waals surface area (Å²) in [5, 5.41) is 15.8. The Morgan fingerprint density at radius 2 is 1.93 bits per heavy atom. The molecule has 0 fully saturated rings. The van der Waals surface area contributed by atoms with Gasteiger partial charge in [0.05, 0.1) is 29.1 Å². The highest BCUT2D eigenvalue weighted by Gasteiger charge is 2.36. The van der Waals surface area contributed by atoms with Crippen LogP contribution in [0.25, 0.3) is 5.69 Å². The molecule has 0 amide bonds. The Hall–Kier alpha value is -2.33. The Kier molecular flexibility index (Phi) is 6.79. The van der Waals surface area contributed by atoms with Crippen LogP contribution in [0.5, 0.6) is 5.88 Å². The highest BCUT2D eigenvalue weighted by molar-refractivity contribution is 6.74. The molecule has 0 radical (unpaired) electrons. The summed E-state index contributed by atoms with van der Waals surface area (Å²) in [5.74, 6) is -0.642. The lowest BCUT2D eigenvalue weighted by Gasteiger charge is -2.36. The molecular weight excluding hydrogens is 395 g/mol. The van der Waals surface area contributed by atoms with Crippen LogP contribution in [0.15, 0.2) is 12.3 Å². The highest BCUT2D eigenvalue weighted by atomic mass is 28.4. The van der Waals surface area contributed by atoms with Crippen molar-refractivity contribution in [3.8, 4) is 11.6 Å². The number of ether oxygens (including phenoxy) is 1. The van der Waals surface area contributed by atoms with Gasteiger partial charge in [0.2, 0.25) is 0 Å². The van der Waals surface area contributed by atoms with Crippen LogP contribution in [0.4, 0.5) is 10.1 Å². The van der Waals surface area contributed by atoms with Gasteiger partial charge in [-0.05, 0) is 32.0 Å². The van der Waals surface area contributed by atoms with E-state index in [1.165, 1.54) is 10.7 Å². The van der Waals surface area contributed by atoms with Crippen molar-refractivity contribution in [2.45, 2.75) is 59.2 Å². The fourth-order valence-corrected chi connectivity index (χ4v) is 3.58. The third-order valence-electron chi connectivity index (χ3n) is 5.29. The van der Waals surface area contributed by atoms with Crippen molar-refractivity contribution < 1.29 is 18.5 Å². The number of nitrogens with zero attached hydrogens (tertiary/aromatic N) is 4. The minimum atomic E-state index is -1.85. The lowest BCUT2D eigenvalue weighted by molar-refractivity contribution is -0.386. The molecule has 0 saturated carbocycles. The van der Waals surface area contributed by atoms with Gasteiger partial charge in [0.25, 0.3) is 0 Å². The van der Waals surface area contributed by atoms with E-state index in [0.717, 1.165) is 6.20 Å².